The second-order valence-electron chi connectivity index (χ2n) is 3.16. The predicted molar refractivity (Wildman–Crippen MR) is 53.6 cm³/mol. The summed E-state index contributed by atoms with van der Waals surface area (Å²) in [5, 5.41) is -5.84. The molecule has 0 aliphatic carbocycles. The molecule has 0 saturated carbocycles. The van der Waals surface area contributed by atoms with Crippen molar-refractivity contribution in [3.8, 4) is 0 Å². The van der Waals surface area contributed by atoms with Crippen molar-refractivity contribution in [1.82, 2.24) is 0 Å². The quantitative estimate of drug-likeness (QED) is 0.326. The molecule has 0 saturated heterocycles. The molecule has 0 aromatic carbocycles. The highest BCUT2D eigenvalue weighted by molar-refractivity contribution is 7.87. The number of carbonyl (C=O) groups excluding carboxylic acids is 2. The van der Waals surface area contributed by atoms with Crippen molar-refractivity contribution in [3.05, 3.63) is 12.2 Å². The number of rotatable bonds is 6. The average Bonchev–Trinajstić information content (AvgIpc) is 2.31. The summed E-state index contributed by atoms with van der Waals surface area (Å²) in [4.78, 5) is 21.3. The zero-order valence-electron chi connectivity index (χ0n) is 9.68. The Bertz CT molecular complexity index is 511. The van der Waals surface area contributed by atoms with Gasteiger partial charge in [-0.1, -0.05) is 0 Å². The van der Waals surface area contributed by atoms with Crippen LogP contribution in [0.25, 0.3) is 0 Å². The lowest BCUT2D eigenvalue weighted by molar-refractivity contribution is -0.194. The number of hydrogen-bond acceptors (Lipinski definition) is 6. The first kappa shape index (κ1) is 18.3. The summed E-state index contributed by atoms with van der Waals surface area (Å²) in [6, 6.07) is 0. The van der Waals surface area contributed by atoms with Gasteiger partial charge in [-0.05, 0) is 0 Å². The van der Waals surface area contributed by atoms with Gasteiger partial charge in [0.05, 0.1) is 7.11 Å². The van der Waals surface area contributed by atoms with Crippen LogP contribution in [0.3, 0.4) is 0 Å². The average molecular weight is 324 g/mol. The van der Waals surface area contributed by atoms with Crippen LogP contribution in [0.4, 0.5) is 17.6 Å². The zero-order chi connectivity index (χ0) is 16.2. The van der Waals surface area contributed by atoms with E-state index in [1.807, 2.05) is 0 Å². The first-order chi connectivity index (χ1) is 8.85. The molecule has 0 spiro atoms. The molecule has 7 nitrogen and oxygen atoms in total. The lowest BCUT2D eigenvalue weighted by Crippen LogP contribution is -2.49. The summed E-state index contributed by atoms with van der Waals surface area (Å²) in [5.74, 6) is -8.03. The summed E-state index contributed by atoms with van der Waals surface area (Å²) >= 11 is 0. The number of ether oxygens (including phenoxy) is 2. The van der Waals surface area contributed by atoms with Crippen molar-refractivity contribution in [2.45, 2.75) is 11.2 Å². The molecular weight excluding hydrogens is 316 g/mol. The SMILES string of the molecule is COC(=O)/C=C\C(=O)OCC(F)(F)C(F)(F)S(=O)(=O)O. The Morgan fingerprint density at radius 3 is 2.00 bits per heavy atom. The van der Waals surface area contributed by atoms with E-state index in [1.165, 1.54) is 0 Å². The molecule has 1 N–H and O–H groups in total. The molecule has 20 heavy (non-hydrogen) atoms. The second-order valence-corrected chi connectivity index (χ2v) is 4.62. The Kier molecular flexibility index (Phi) is 5.65. The van der Waals surface area contributed by atoms with E-state index in [0.717, 1.165) is 7.11 Å². The molecule has 0 aromatic rings. The van der Waals surface area contributed by atoms with Crippen molar-refractivity contribution >= 4 is 22.1 Å². The molecule has 0 rings (SSSR count). The number of carbonyl (C=O) groups is 2. The Labute approximate surface area is 109 Å². The van der Waals surface area contributed by atoms with E-state index < -0.39 is 39.8 Å². The Hall–Kier alpha value is -1.69. The van der Waals surface area contributed by atoms with Gasteiger partial charge in [-0.25, -0.2) is 9.59 Å². The third-order valence-electron chi connectivity index (χ3n) is 1.70. The van der Waals surface area contributed by atoms with Gasteiger partial charge in [0.15, 0.2) is 6.61 Å². The van der Waals surface area contributed by atoms with Gasteiger partial charge in [-0.2, -0.15) is 26.0 Å². The number of methoxy groups -OCH3 is 1. The maximum Gasteiger partial charge on any atom is 0.435 e. The molecule has 12 heteroatoms. The fourth-order valence-corrected chi connectivity index (χ4v) is 1.12. The minimum absolute atomic E-state index is 0.299. The monoisotopic (exact) mass is 324 g/mol. The summed E-state index contributed by atoms with van der Waals surface area (Å²) in [5.41, 5.74) is 0. The van der Waals surface area contributed by atoms with Crippen LogP contribution in [0.5, 0.6) is 0 Å². The van der Waals surface area contributed by atoms with Crippen molar-refractivity contribution < 1.29 is 49.6 Å². The van der Waals surface area contributed by atoms with Crippen molar-refractivity contribution in [2.75, 3.05) is 13.7 Å². The first-order valence-corrected chi connectivity index (χ1v) is 5.94. The predicted octanol–water partition coefficient (Wildman–Crippen LogP) is 0.375. The smallest absolute Gasteiger partial charge is 0.435 e. The van der Waals surface area contributed by atoms with Gasteiger partial charge in [-0.3, -0.25) is 4.55 Å². The molecule has 0 atom stereocenters. The van der Waals surface area contributed by atoms with Gasteiger partial charge >= 0.3 is 33.2 Å². The van der Waals surface area contributed by atoms with Crippen molar-refractivity contribution in [3.63, 3.8) is 0 Å². The summed E-state index contributed by atoms with van der Waals surface area (Å²) in [6.07, 6.45) is 0.759. The molecule has 0 heterocycles. The molecule has 116 valence electrons. The van der Waals surface area contributed by atoms with E-state index in [0.29, 0.717) is 12.2 Å². The van der Waals surface area contributed by atoms with E-state index in [4.69, 9.17) is 4.55 Å². The molecule has 0 aliphatic rings. The highest BCUT2D eigenvalue weighted by Crippen LogP contribution is 2.38. The van der Waals surface area contributed by atoms with Crippen LogP contribution in [0.1, 0.15) is 0 Å². The van der Waals surface area contributed by atoms with E-state index in [2.05, 4.69) is 9.47 Å². The summed E-state index contributed by atoms with van der Waals surface area (Å²) < 4.78 is 86.9. The van der Waals surface area contributed by atoms with Crippen LogP contribution in [0.2, 0.25) is 0 Å². The molecule has 0 fully saturated rings. The molecule has 0 unspecified atom stereocenters. The maximum absolute atomic E-state index is 12.8. The van der Waals surface area contributed by atoms with Gasteiger partial charge in [-0.15, -0.1) is 0 Å². The van der Waals surface area contributed by atoms with E-state index in [9.17, 15) is 35.6 Å². The van der Waals surface area contributed by atoms with E-state index in [1.54, 1.807) is 0 Å². The van der Waals surface area contributed by atoms with Crippen LogP contribution in [-0.4, -0.2) is 49.8 Å². The fraction of sp³-hybridized carbons (Fsp3) is 0.500. The lowest BCUT2D eigenvalue weighted by Gasteiger charge is -2.22. The Balaban J connectivity index is 4.78. The van der Waals surface area contributed by atoms with E-state index in [-0.39, 0.29) is 0 Å². The first-order valence-electron chi connectivity index (χ1n) is 4.50. The molecular formula is C8H8F4O7S. The van der Waals surface area contributed by atoms with Crippen LogP contribution >= 0.6 is 0 Å². The minimum Gasteiger partial charge on any atom is -0.466 e. The minimum atomic E-state index is -6.40. The van der Waals surface area contributed by atoms with Gasteiger partial charge in [0, 0.05) is 12.2 Å². The van der Waals surface area contributed by atoms with Crippen LogP contribution in [0, 0.1) is 0 Å². The highest BCUT2D eigenvalue weighted by atomic mass is 32.2. The topological polar surface area (TPSA) is 107 Å². The highest BCUT2D eigenvalue weighted by Gasteiger charge is 2.66. The third kappa shape index (κ3) is 4.45. The number of hydrogen-bond donors (Lipinski definition) is 1. The van der Waals surface area contributed by atoms with Crippen molar-refractivity contribution in [2.24, 2.45) is 0 Å². The largest absolute Gasteiger partial charge is 0.466 e. The Morgan fingerprint density at radius 2 is 1.60 bits per heavy atom. The fourth-order valence-electron chi connectivity index (χ4n) is 0.687. The van der Waals surface area contributed by atoms with Crippen molar-refractivity contribution in [1.29, 1.82) is 0 Å². The van der Waals surface area contributed by atoms with Crippen LogP contribution in [0.15, 0.2) is 12.2 Å². The Morgan fingerprint density at radius 1 is 1.15 bits per heavy atom. The van der Waals surface area contributed by atoms with Gasteiger partial charge in [0.2, 0.25) is 0 Å². The second kappa shape index (κ2) is 6.17. The molecule has 0 aromatic heterocycles. The van der Waals surface area contributed by atoms with E-state index >= 15 is 0 Å². The van der Waals surface area contributed by atoms with Gasteiger partial charge in [0.25, 0.3) is 0 Å². The maximum atomic E-state index is 12.8. The standard InChI is InChI=1S/C8H8F4O7S/c1-18-5(13)2-3-6(14)19-4-7(9,10)8(11,12)20(15,16)17/h2-3H,4H2,1H3,(H,15,16,17)/b3-2-. The summed E-state index contributed by atoms with van der Waals surface area (Å²) in [7, 11) is -5.46. The number of halogens is 4. The number of alkyl halides is 4. The zero-order valence-corrected chi connectivity index (χ0v) is 10.5. The molecule has 0 aliphatic heterocycles. The molecule has 0 amide bonds. The molecule has 0 bridgehead atoms. The third-order valence-corrected chi connectivity index (χ3v) is 2.65. The summed E-state index contributed by atoms with van der Waals surface area (Å²) in [6.45, 7) is -2.33. The lowest BCUT2D eigenvalue weighted by atomic mass is 10.4. The van der Waals surface area contributed by atoms with Crippen LogP contribution < -0.4 is 0 Å². The van der Waals surface area contributed by atoms with Gasteiger partial charge < -0.3 is 9.47 Å². The molecule has 0 radical (unpaired) electrons. The van der Waals surface area contributed by atoms with Gasteiger partial charge in [0.1, 0.15) is 0 Å². The van der Waals surface area contributed by atoms with Crippen LogP contribution in [-0.2, 0) is 29.2 Å². The number of esters is 2. The normalized spacial score (nSPS) is 13.3.